The number of fused-ring (bicyclic) bond motifs is 2. The fourth-order valence-corrected chi connectivity index (χ4v) is 4.11. The van der Waals surface area contributed by atoms with Crippen molar-refractivity contribution >= 4 is 5.78 Å². The van der Waals surface area contributed by atoms with E-state index in [4.69, 9.17) is 5.73 Å². The Bertz CT molecular complexity index is 284. The van der Waals surface area contributed by atoms with Crippen LogP contribution in [0.25, 0.3) is 0 Å². The van der Waals surface area contributed by atoms with Crippen molar-refractivity contribution in [1.29, 1.82) is 0 Å². The Balaban J connectivity index is 2.41. The summed E-state index contributed by atoms with van der Waals surface area (Å²) in [5.74, 6) is 1.36. The van der Waals surface area contributed by atoms with E-state index in [2.05, 4.69) is 20.8 Å². The Labute approximate surface area is 86.2 Å². The quantitative estimate of drug-likeness (QED) is 0.695. The molecular weight excluding hydrogens is 174 g/mol. The first-order chi connectivity index (χ1) is 6.34. The molecule has 14 heavy (non-hydrogen) atoms. The molecule has 80 valence electrons. The first-order valence-corrected chi connectivity index (χ1v) is 5.60. The van der Waals surface area contributed by atoms with Crippen LogP contribution in [0.1, 0.15) is 40.5 Å². The number of nitrogens with two attached hydrogens (primary N) is 1. The molecule has 0 aromatic rings. The number of rotatable bonds is 1. The van der Waals surface area contributed by atoms with Crippen molar-refractivity contribution in [2.75, 3.05) is 0 Å². The molecule has 0 aliphatic heterocycles. The van der Waals surface area contributed by atoms with Crippen molar-refractivity contribution in [3.05, 3.63) is 0 Å². The molecule has 0 spiro atoms. The van der Waals surface area contributed by atoms with E-state index in [1.807, 2.05) is 0 Å². The second kappa shape index (κ2) is 2.60. The summed E-state index contributed by atoms with van der Waals surface area (Å²) in [6.45, 7) is 8.38. The highest BCUT2D eigenvalue weighted by Gasteiger charge is 2.68. The number of carbonyl (C=O) groups is 1. The van der Waals surface area contributed by atoms with E-state index in [1.165, 1.54) is 0 Å². The third-order valence-corrected chi connectivity index (χ3v) is 5.34. The first kappa shape index (κ1) is 10.2. The predicted octanol–water partition coefficient (Wildman–Crippen LogP) is 1.98. The summed E-state index contributed by atoms with van der Waals surface area (Å²) in [6, 6.07) is 0.227. The normalized spacial score (nSPS) is 49.6. The molecule has 2 N–H and O–H groups in total. The van der Waals surface area contributed by atoms with Crippen LogP contribution in [0.15, 0.2) is 0 Å². The molecule has 3 rings (SSSR count). The monoisotopic (exact) mass is 195 g/mol. The van der Waals surface area contributed by atoms with Gasteiger partial charge in [0.15, 0.2) is 0 Å². The van der Waals surface area contributed by atoms with Gasteiger partial charge in [0.25, 0.3) is 0 Å². The van der Waals surface area contributed by atoms with Crippen LogP contribution in [0.5, 0.6) is 0 Å². The van der Waals surface area contributed by atoms with Gasteiger partial charge in [-0.3, -0.25) is 4.79 Å². The highest BCUT2D eigenvalue weighted by Crippen LogP contribution is 2.69. The molecule has 0 aromatic carbocycles. The summed E-state index contributed by atoms with van der Waals surface area (Å²) in [4.78, 5) is 11.9. The molecule has 3 aliphatic carbocycles. The van der Waals surface area contributed by atoms with Gasteiger partial charge in [0.1, 0.15) is 5.78 Å². The smallest absolute Gasteiger partial charge is 0.136 e. The highest BCUT2D eigenvalue weighted by molar-refractivity contribution is 5.85. The van der Waals surface area contributed by atoms with E-state index in [0.29, 0.717) is 17.6 Å². The van der Waals surface area contributed by atoms with Crippen molar-refractivity contribution in [1.82, 2.24) is 0 Å². The van der Waals surface area contributed by atoms with Gasteiger partial charge >= 0.3 is 0 Å². The number of carbonyl (C=O) groups excluding carboxylic acids is 1. The van der Waals surface area contributed by atoms with Crippen LogP contribution in [0.2, 0.25) is 0 Å². The predicted molar refractivity (Wildman–Crippen MR) is 56.8 cm³/mol. The van der Waals surface area contributed by atoms with Crippen LogP contribution in [0, 0.1) is 22.7 Å². The number of hydrogen-bond acceptors (Lipinski definition) is 2. The lowest BCUT2D eigenvalue weighted by Gasteiger charge is -2.68. The molecular formula is C12H21NO. The molecule has 0 radical (unpaired) electrons. The minimum Gasteiger partial charge on any atom is -0.327 e. The lowest BCUT2D eigenvalue weighted by molar-refractivity contribution is -0.201. The van der Waals surface area contributed by atoms with E-state index in [1.54, 1.807) is 6.92 Å². The summed E-state index contributed by atoms with van der Waals surface area (Å²) in [7, 11) is 0. The maximum Gasteiger partial charge on any atom is 0.136 e. The summed E-state index contributed by atoms with van der Waals surface area (Å²) >= 11 is 0. The van der Waals surface area contributed by atoms with E-state index < -0.39 is 0 Å². The molecule has 0 unspecified atom stereocenters. The van der Waals surface area contributed by atoms with Crippen LogP contribution in [-0.2, 0) is 4.79 Å². The molecule has 3 fully saturated rings. The number of ketones is 1. The summed E-state index contributed by atoms with van der Waals surface area (Å²) in [5.41, 5.74) is 6.15. The minimum atomic E-state index is -0.116. The average molecular weight is 195 g/mol. The fourth-order valence-electron chi connectivity index (χ4n) is 4.11. The second-order valence-electron chi connectivity index (χ2n) is 5.84. The fraction of sp³-hybridized carbons (Fsp3) is 0.917. The van der Waals surface area contributed by atoms with E-state index in [-0.39, 0.29) is 16.9 Å². The zero-order valence-corrected chi connectivity index (χ0v) is 9.63. The van der Waals surface area contributed by atoms with Gasteiger partial charge in [-0.1, -0.05) is 20.8 Å². The zero-order chi connectivity index (χ0) is 10.7. The summed E-state index contributed by atoms with van der Waals surface area (Å²) in [5, 5.41) is 0. The topological polar surface area (TPSA) is 43.1 Å². The van der Waals surface area contributed by atoms with Gasteiger partial charge in [-0.05, 0) is 37.0 Å². The summed E-state index contributed by atoms with van der Waals surface area (Å²) in [6.07, 6.45) is 2.17. The molecule has 3 aliphatic rings. The summed E-state index contributed by atoms with van der Waals surface area (Å²) < 4.78 is 0. The molecule has 2 nitrogen and oxygen atoms in total. The molecule has 2 heteroatoms. The Kier molecular flexibility index (Phi) is 1.89. The third kappa shape index (κ3) is 0.837. The van der Waals surface area contributed by atoms with Crippen molar-refractivity contribution < 1.29 is 4.79 Å². The van der Waals surface area contributed by atoms with Crippen LogP contribution < -0.4 is 5.73 Å². The standard InChI is InChI=1S/C12H21NO/c1-7-10(13)5-9-6-12(7,8(2)14)11(9,3)4/h7,9-10H,5-6,13H2,1-4H3/t7-,9+,10+,12-/m0/s1. The maximum atomic E-state index is 11.9. The molecule has 0 aromatic heterocycles. The Morgan fingerprint density at radius 1 is 1.43 bits per heavy atom. The van der Waals surface area contributed by atoms with Crippen LogP contribution >= 0.6 is 0 Å². The molecule has 0 saturated heterocycles. The third-order valence-electron chi connectivity index (χ3n) is 5.34. The van der Waals surface area contributed by atoms with Gasteiger partial charge in [-0.2, -0.15) is 0 Å². The SMILES string of the molecule is CC(=O)[C@]12C[C@@H](C[C@@H](N)[C@@H]1C)C2(C)C. The van der Waals surface area contributed by atoms with Gasteiger partial charge in [-0.25, -0.2) is 0 Å². The van der Waals surface area contributed by atoms with Crippen molar-refractivity contribution in [2.24, 2.45) is 28.4 Å². The number of Topliss-reactive ketones (excluding diaryl/α,β-unsaturated/α-hetero) is 1. The lowest BCUT2D eigenvalue weighted by atomic mass is 9.35. The van der Waals surface area contributed by atoms with Crippen LogP contribution in [-0.4, -0.2) is 11.8 Å². The molecule has 2 bridgehead atoms. The van der Waals surface area contributed by atoms with Gasteiger partial charge < -0.3 is 5.73 Å². The lowest BCUT2D eigenvalue weighted by Crippen LogP contribution is -2.69. The van der Waals surface area contributed by atoms with Crippen molar-refractivity contribution in [3.63, 3.8) is 0 Å². The Hall–Kier alpha value is -0.370. The van der Waals surface area contributed by atoms with Gasteiger partial charge in [-0.15, -0.1) is 0 Å². The van der Waals surface area contributed by atoms with Gasteiger partial charge in [0.2, 0.25) is 0 Å². The molecule has 0 heterocycles. The Morgan fingerprint density at radius 2 is 2.00 bits per heavy atom. The number of hydrogen-bond donors (Lipinski definition) is 1. The molecule has 0 amide bonds. The first-order valence-electron chi connectivity index (χ1n) is 5.60. The van der Waals surface area contributed by atoms with Crippen LogP contribution in [0.3, 0.4) is 0 Å². The van der Waals surface area contributed by atoms with Gasteiger partial charge in [0.05, 0.1) is 0 Å². The average Bonchev–Trinajstić information content (AvgIpc) is 2.07. The Morgan fingerprint density at radius 3 is 2.36 bits per heavy atom. The van der Waals surface area contributed by atoms with E-state index in [9.17, 15) is 4.79 Å². The van der Waals surface area contributed by atoms with E-state index in [0.717, 1.165) is 12.8 Å². The van der Waals surface area contributed by atoms with Crippen LogP contribution in [0.4, 0.5) is 0 Å². The van der Waals surface area contributed by atoms with Crippen molar-refractivity contribution in [3.8, 4) is 0 Å². The van der Waals surface area contributed by atoms with Gasteiger partial charge in [0, 0.05) is 11.5 Å². The maximum absolute atomic E-state index is 11.9. The largest absolute Gasteiger partial charge is 0.327 e. The highest BCUT2D eigenvalue weighted by atomic mass is 16.1. The minimum absolute atomic E-state index is 0.116. The van der Waals surface area contributed by atoms with E-state index >= 15 is 0 Å². The second-order valence-corrected chi connectivity index (χ2v) is 5.84. The molecule has 4 atom stereocenters. The zero-order valence-electron chi connectivity index (χ0n) is 9.63. The molecule has 3 saturated carbocycles. The van der Waals surface area contributed by atoms with Crippen molar-refractivity contribution in [2.45, 2.75) is 46.6 Å².